The lowest BCUT2D eigenvalue weighted by molar-refractivity contribution is 0.155. The van der Waals surface area contributed by atoms with Crippen LogP contribution in [-0.2, 0) is 4.74 Å². The monoisotopic (exact) mass is 99.0 g/mol. The van der Waals surface area contributed by atoms with Crippen LogP contribution in [-0.4, -0.2) is 11.2 Å². The minimum absolute atomic E-state index is 0.472. The van der Waals surface area contributed by atoms with Crippen molar-refractivity contribution in [2.75, 3.05) is 0 Å². The summed E-state index contributed by atoms with van der Waals surface area (Å²) in [7, 11) is 0. The summed E-state index contributed by atoms with van der Waals surface area (Å²) >= 11 is 0. The average molecular weight is 99.1 g/mol. The Morgan fingerprint density at radius 1 is 1.86 bits per heavy atom. The lowest BCUT2D eigenvalue weighted by atomic mass is 10.2. The Balaban J connectivity index is 2.45. The number of hydrogen-bond acceptors (Lipinski definition) is 2. The molecule has 2 nitrogen and oxygen atoms in total. The molecule has 1 aliphatic heterocycles. The van der Waals surface area contributed by atoms with Gasteiger partial charge in [0.15, 0.2) is 6.10 Å². The minimum atomic E-state index is -0.472. The topological polar surface area (TPSA) is 29.5 Å². The van der Waals surface area contributed by atoms with Gasteiger partial charge in [-0.3, -0.25) is 0 Å². The maximum absolute atomic E-state index is 8.75. The Kier molecular flexibility index (Phi) is 1.02. The van der Waals surface area contributed by atoms with Gasteiger partial charge < -0.3 is 9.84 Å². The summed E-state index contributed by atoms with van der Waals surface area (Å²) in [6, 6.07) is 0. The quantitative estimate of drug-likeness (QED) is 0.477. The van der Waals surface area contributed by atoms with Crippen LogP contribution in [0, 0.1) is 6.10 Å². The maximum Gasteiger partial charge on any atom is 0.176 e. The normalized spacial score (nSPS) is 30.9. The highest BCUT2D eigenvalue weighted by molar-refractivity contribution is 5.04. The molecule has 0 aromatic carbocycles. The van der Waals surface area contributed by atoms with E-state index >= 15 is 0 Å². The van der Waals surface area contributed by atoms with E-state index in [1.165, 1.54) is 6.26 Å². The Labute approximate surface area is 42.4 Å². The molecule has 0 spiro atoms. The van der Waals surface area contributed by atoms with Crippen molar-refractivity contribution >= 4 is 0 Å². The molecule has 1 aliphatic rings. The second-order valence-corrected chi connectivity index (χ2v) is 1.50. The van der Waals surface area contributed by atoms with E-state index in [4.69, 9.17) is 9.84 Å². The molecule has 1 radical (unpaired) electrons. The Morgan fingerprint density at radius 2 is 2.57 bits per heavy atom. The summed E-state index contributed by atoms with van der Waals surface area (Å²) in [5.74, 6) is 0. The van der Waals surface area contributed by atoms with Gasteiger partial charge in [-0.1, -0.05) is 0 Å². The van der Waals surface area contributed by atoms with Gasteiger partial charge in [-0.05, 0) is 13.0 Å². The smallest absolute Gasteiger partial charge is 0.176 e. The third-order valence-corrected chi connectivity index (χ3v) is 0.931. The van der Waals surface area contributed by atoms with Crippen LogP contribution in [0.2, 0.25) is 0 Å². The second kappa shape index (κ2) is 1.54. The van der Waals surface area contributed by atoms with E-state index in [1.807, 2.05) is 0 Å². The zero-order valence-electron chi connectivity index (χ0n) is 4.09. The SMILES string of the molecule is C[C]1OC=C[C@@H]1O. The van der Waals surface area contributed by atoms with E-state index in [-0.39, 0.29) is 0 Å². The Morgan fingerprint density at radius 3 is 2.71 bits per heavy atom. The van der Waals surface area contributed by atoms with E-state index in [9.17, 15) is 0 Å². The molecule has 1 rings (SSSR count). The van der Waals surface area contributed by atoms with Crippen molar-refractivity contribution in [1.82, 2.24) is 0 Å². The third kappa shape index (κ3) is 0.747. The van der Waals surface area contributed by atoms with Crippen LogP contribution < -0.4 is 0 Å². The highest BCUT2D eigenvalue weighted by atomic mass is 16.5. The largest absolute Gasteiger partial charge is 0.488 e. The molecule has 39 valence electrons. The van der Waals surface area contributed by atoms with E-state index in [2.05, 4.69) is 0 Å². The number of rotatable bonds is 0. The van der Waals surface area contributed by atoms with Gasteiger partial charge in [0.25, 0.3) is 0 Å². The molecule has 0 aliphatic carbocycles. The summed E-state index contributed by atoms with van der Waals surface area (Å²) in [4.78, 5) is 0. The highest BCUT2D eigenvalue weighted by Gasteiger charge is 2.16. The summed E-state index contributed by atoms with van der Waals surface area (Å²) in [5, 5.41) is 8.75. The van der Waals surface area contributed by atoms with E-state index in [0.29, 0.717) is 6.10 Å². The van der Waals surface area contributed by atoms with Gasteiger partial charge in [0, 0.05) is 0 Å². The van der Waals surface area contributed by atoms with E-state index in [0.717, 1.165) is 0 Å². The fourth-order valence-electron chi connectivity index (χ4n) is 0.426. The molecule has 0 saturated carbocycles. The molecular weight excluding hydrogens is 92.1 g/mol. The average Bonchev–Trinajstić information content (AvgIpc) is 1.91. The first-order valence-electron chi connectivity index (χ1n) is 2.15. The first-order chi connectivity index (χ1) is 3.30. The molecule has 0 bridgehead atoms. The van der Waals surface area contributed by atoms with E-state index in [1.54, 1.807) is 13.0 Å². The Hall–Kier alpha value is -0.500. The van der Waals surface area contributed by atoms with Crippen molar-refractivity contribution in [2.24, 2.45) is 0 Å². The molecular formula is C5H7O2. The number of aliphatic hydroxyl groups excluding tert-OH is 1. The zero-order chi connectivity index (χ0) is 5.28. The maximum atomic E-state index is 8.75. The number of aliphatic hydroxyl groups is 1. The second-order valence-electron chi connectivity index (χ2n) is 1.50. The minimum Gasteiger partial charge on any atom is -0.488 e. The van der Waals surface area contributed by atoms with Gasteiger partial charge in [0.1, 0.15) is 6.10 Å². The van der Waals surface area contributed by atoms with Crippen molar-refractivity contribution in [3.8, 4) is 0 Å². The van der Waals surface area contributed by atoms with Crippen LogP contribution in [0.25, 0.3) is 0 Å². The van der Waals surface area contributed by atoms with Crippen LogP contribution in [0.15, 0.2) is 12.3 Å². The molecule has 0 fully saturated rings. The first-order valence-corrected chi connectivity index (χ1v) is 2.15. The van der Waals surface area contributed by atoms with Gasteiger partial charge in [-0.15, -0.1) is 0 Å². The molecule has 0 aromatic rings. The third-order valence-electron chi connectivity index (χ3n) is 0.931. The number of hydrogen-bond donors (Lipinski definition) is 1. The molecule has 0 aromatic heterocycles. The predicted octanol–water partition coefficient (Wildman–Crippen LogP) is 0.443. The summed E-state index contributed by atoms with van der Waals surface area (Å²) in [5.41, 5.74) is 0. The van der Waals surface area contributed by atoms with Crippen molar-refractivity contribution in [2.45, 2.75) is 13.0 Å². The predicted molar refractivity (Wildman–Crippen MR) is 25.1 cm³/mol. The van der Waals surface area contributed by atoms with Crippen molar-refractivity contribution in [3.05, 3.63) is 18.4 Å². The molecule has 2 heteroatoms. The van der Waals surface area contributed by atoms with Crippen molar-refractivity contribution in [3.63, 3.8) is 0 Å². The van der Waals surface area contributed by atoms with Crippen LogP contribution in [0.3, 0.4) is 0 Å². The van der Waals surface area contributed by atoms with Crippen molar-refractivity contribution < 1.29 is 9.84 Å². The fraction of sp³-hybridized carbons (Fsp3) is 0.400. The van der Waals surface area contributed by atoms with Crippen molar-refractivity contribution in [1.29, 1.82) is 0 Å². The molecule has 0 amide bonds. The lowest BCUT2D eigenvalue weighted by Crippen LogP contribution is -2.06. The molecule has 1 heterocycles. The highest BCUT2D eigenvalue weighted by Crippen LogP contribution is 2.15. The van der Waals surface area contributed by atoms with Gasteiger partial charge in [0.05, 0.1) is 6.26 Å². The molecule has 0 saturated heterocycles. The van der Waals surface area contributed by atoms with Crippen LogP contribution in [0.5, 0.6) is 0 Å². The molecule has 1 N–H and O–H groups in total. The van der Waals surface area contributed by atoms with Gasteiger partial charge in [-0.2, -0.15) is 0 Å². The lowest BCUT2D eigenvalue weighted by Gasteiger charge is -2.02. The zero-order valence-corrected chi connectivity index (χ0v) is 4.09. The summed E-state index contributed by atoms with van der Waals surface area (Å²) in [6.07, 6.45) is 3.26. The molecule has 0 unspecified atom stereocenters. The Bertz CT molecular complexity index is 88.1. The van der Waals surface area contributed by atoms with Crippen LogP contribution in [0.1, 0.15) is 6.92 Å². The summed E-state index contributed by atoms with van der Waals surface area (Å²) in [6.45, 7) is 1.74. The first kappa shape index (κ1) is 4.65. The van der Waals surface area contributed by atoms with Gasteiger partial charge >= 0.3 is 0 Å². The van der Waals surface area contributed by atoms with Gasteiger partial charge in [-0.25, -0.2) is 0 Å². The fourth-order valence-corrected chi connectivity index (χ4v) is 0.426. The molecule has 1 atom stereocenters. The van der Waals surface area contributed by atoms with Crippen LogP contribution >= 0.6 is 0 Å². The van der Waals surface area contributed by atoms with Gasteiger partial charge in [0.2, 0.25) is 0 Å². The number of ether oxygens (including phenoxy) is 1. The summed E-state index contributed by atoms with van der Waals surface area (Å²) < 4.78 is 4.75. The standard InChI is InChI=1S/C5H7O2/c1-4-5(6)2-3-7-4/h2-3,5-6H,1H3/t5-/m0/s1. The van der Waals surface area contributed by atoms with E-state index < -0.39 is 6.10 Å². The molecule has 7 heavy (non-hydrogen) atoms. The van der Waals surface area contributed by atoms with Crippen LogP contribution in [0.4, 0.5) is 0 Å².